The molecule has 1 N–H and O–H groups in total. The summed E-state index contributed by atoms with van der Waals surface area (Å²) in [5.74, 6) is 0. The van der Waals surface area contributed by atoms with E-state index in [1.165, 1.54) is 0 Å². The van der Waals surface area contributed by atoms with Crippen LogP contribution in [0.5, 0.6) is 0 Å². The molecule has 1 aliphatic rings. The van der Waals surface area contributed by atoms with Crippen LogP contribution in [0, 0.1) is 0 Å². The lowest BCUT2D eigenvalue weighted by Crippen LogP contribution is -2.44. The number of sulfone groups is 1. The molecule has 0 saturated carbocycles. The number of carbonyl (C=O) groups is 1. The van der Waals surface area contributed by atoms with E-state index in [1.807, 2.05) is 27.7 Å². The van der Waals surface area contributed by atoms with Gasteiger partial charge in [0, 0.05) is 31.9 Å². The second-order valence-electron chi connectivity index (χ2n) is 7.86. The number of hydrogen-bond donors (Lipinski definition) is 1. The zero-order valence-corrected chi connectivity index (χ0v) is 18.0. The molecule has 1 saturated heterocycles. The Balaban J connectivity index is 1.92. The van der Waals surface area contributed by atoms with Crippen molar-refractivity contribution in [1.82, 2.24) is 4.90 Å². The fraction of sp³-hybridized carbons (Fsp3) is 0.650. The van der Waals surface area contributed by atoms with Gasteiger partial charge in [-0.25, -0.2) is 13.2 Å². The minimum absolute atomic E-state index is 0.318. The molecule has 7 nitrogen and oxygen atoms in total. The Morgan fingerprint density at radius 2 is 1.79 bits per heavy atom. The Hall–Kier alpha value is -1.80. The fourth-order valence-corrected chi connectivity index (χ4v) is 4.77. The highest BCUT2D eigenvalue weighted by atomic mass is 32.2. The van der Waals surface area contributed by atoms with E-state index in [1.54, 1.807) is 29.2 Å². The number of hydrogen-bond acceptors (Lipinski definition) is 6. The van der Waals surface area contributed by atoms with Crippen LogP contribution in [0.4, 0.5) is 10.5 Å². The summed E-state index contributed by atoms with van der Waals surface area (Å²) in [6, 6.07) is 6.82. The molecular weight excluding hydrogens is 380 g/mol. The second-order valence-corrected chi connectivity index (χ2v) is 10.1. The predicted octanol–water partition coefficient (Wildman–Crippen LogP) is 3.31. The van der Waals surface area contributed by atoms with Gasteiger partial charge < -0.3 is 19.7 Å². The van der Waals surface area contributed by atoms with Gasteiger partial charge in [0.05, 0.1) is 16.8 Å². The standard InChI is InChI=1S/C20H32N2O5S/c1-5-26-15-12-21-16-6-8-17(9-7-16)28(24,25)18-10-13-22(14-11-18)19(23)27-20(2,3)4/h6-9,18,21H,5,10-15H2,1-4H3. The lowest BCUT2D eigenvalue weighted by molar-refractivity contribution is 0.0217. The Morgan fingerprint density at radius 3 is 2.32 bits per heavy atom. The van der Waals surface area contributed by atoms with E-state index in [-0.39, 0.29) is 6.09 Å². The second kappa shape index (κ2) is 9.60. The van der Waals surface area contributed by atoms with Crippen molar-refractivity contribution in [1.29, 1.82) is 0 Å². The molecule has 0 aliphatic carbocycles. The highest BCUT2D eigenvalue weighted by Gasteiger charge is 2.34. The number of amides is 1. The first-order chi connectivity index (χ1) is 13.1. The van der Waals surface area contributed by atoms with Crippen molar-refractivity contribution in [2.45, 2.75) is 56.3 Å². The molecule has 2 rings (SSSR count). The molecule has 8 heteroatoms. The highest BCUT2D eigenvalue weighted by molar-refractivity contribution is 7.92. The maximum absolute atomic E-state index is 12.9. The zero-order valence-electron chi connectivity index (χ0n) is 17.2. The Bertz CT molecular complexity index is 733. The van der Waals surface area contributed by atoms with Gasteiger partial charge in [0.1, 0.15) is 5.60 Å². The molecule has 1 heterocycles. The maximum atomic E-state index is 12.9. The van der Waals surface area contributed by atoms with Crippen LogP contribution in [0.25, 0.3) is 0 Å². The molecule has 28 heavy (non-hydrogen) atoms. The van der Waals surface area contributed by atoms with Crippen molar-refractivity contribution in [3.8, 4) is 0 Å². The maximum Gasteiger partial charge on any atom is 0.410 e. The number of nitrogens with zero attached hydrogens (tertiary/aromatic N) is 1. The summed E-state index contributed by atoms with van der Waals surface area (Å²) in [7, 11) is -3.42. The topological polar surface area (TPSA) is 84.9 Å². The van der Waals surface area contributed by atoms with Crippen LogP contribution in [0.3, 0.4) is 0 Å². The molecule has 1 fully saturated rings. The fourth-order valence-electron chi connectivity index (χ4n) is 3.04. The van der Waals surface area contributed by atoms with Crippen molar-refractivity contribution >= 4 is 21.6 Å². The lowest BCUT2D eigenvalue weighted by atomic mass is 10.1. The van der Waals surface area contributed by atoms with E-state index < -0.39 is 20.7 Å². The summed E-state index contributed by atoms with van der Waals surface area (Å²) < 4.78 is 36.5. The highest BCUT2D eigenvalue weighted by Crippen LogP contribution is 2.26. The van der Waals surface area contributed by atoms with Crippen LogP contribution >= 0.6 is 0 Å². The van der Waals surface area contributed by atoms with E-state index in [0.717, 1.165) is 5.69 Å². The number of piperidine rings is 1. The first-order valence-corrected chi connectivity index (χ1v) is 11.3. The number of ether oxygens (including phenoxy) is 2. The Morgan fingerprint density at radius 1 is 1.18 bits per heavy atom. The normalized spacial score (nSPS) is 16.1. The molecule has 158 valence electrons. The van der Waals surface area contributed by atoms with Crippen LogP contribution in [0.1, 0.15) is 40.5 Å². The summed E-state index contributed by atoms with van der Waals surface area (Å²) in [4.78, 5) is 14.0. The molecule has 0 spiro atoms. The number of rotatable bonds is 7. The summed E-state index contributed by atoms with van der Waals surface area (Å²) in [5, 5.41) is 2.71. The summed E-state index contributed by atoms with van der Waals surface area (Å²) in [6.07, 6.45) is 0.442. The SMILES string of the molecule is CCOCCNc1ccc(S(=O)(=O)C2CCN(C(=O)OC(C)(C)C)CC2)cc1. The largest absolute Gasteiger partial charge is 0.444 e. The number of anilines is 1. The third kappa shape index (κ3) is 6.38. The van der Waals surface area contributed by atoms with E-state index in [4.69, 9.17) is 9.47 Å². The van der Waals surface area contributed by atoms with Crippen molar-refractivity contribution < 1.29 is 22.7 Å². The molecule has 0 bridgehead atoms. The average Bonchev–Trinajstić information content (AvgIpc) is 2.64. The number of benzene rings is 1. The van der Waals surface area contributed by atoms with Crippen molar-refractivity contribution in [2.75, 3.05) is 38.2 Å². The quantitative estimate of drug-likeness (QED) is 0.692. The number of carbonyl (C=O) groups excluding carboxylic acids is 1. The molecular formula is C20H32N2O5S. The van der Waals surface area contributed by atoms with Crippen molar-refractivity contribution in [3.05, 3.63) is 24.3 Å². The Kier molecular flexibility index (Phi) is 7.71. The molecule has 0 unspecified atom stereocenters. The number of nitrogens with one attached hydrogen (secondary N) is 1. The van der Waals surface area contributed by atoms with Gasteiger partial charge in [-0.2, -0.15) is 0 Å². The minimum Gasteiger partial charge on any atom is -0.444 e. The van der Waals surface area contributed by atoms with Crippen LogP contribution in [-0.4, -0.2) is 63.1 Å². The minimum atomic E-state index is -3.42. The van der Waals surface area contributed by atoms with Gasteiger partial charge in [-0.3, -0.25) is 0 Å². The molecule has 0 atom stereocenters. The van der Waals surface area contributed by atoms with E-state index in [0.29, 0.717) is 50.6 Å². The van der Waals surface area contributed by atoms with Crippen LogP contribution in [0.2, 0.25) is 0 Å². The van der Waals surface area contributed by atoms with Gasteiger partial charge in [0.2, 0.25) is 0 Å². The van der Waals surface area contributed by atoms with Gasteiger partial charge in [-0.1, -0.05) is 0 Å². The molecule has 1 amide bonds. The third-order valence-corrected chi connectivity index (χ3v) is 6.77. The van der Waals surface area contributed by atoms with Crippen molar-refractivity contribution in [3.63, 3.8) is 0 Å². The third-order valence-electron chi connectivity index (χ3n) is 4.50. The van der Waals surface area contributed by atoms with Crippen molar-refractivity contribution in [2.24, 2.45) is 0 Å². The smallest absolute Gasteiger partial charge is 0.410 e. The molecule has 0 radical (unpaired) electrons. The van der Waals surface area contributed by atoms with E-state index in [2.05, 4.69) is 5.32 Å². The molecule has 1 aromatic carbocycles. The summed E-state index contributed by atoms with van der Waals surface area (Å²) in [6.45, 7) is 10.1. The first-order valence-electron chi connectivity index (χ1n) is 9.77. The van der Waals surface area contributed by atoms with Gasteiger partial charge in [-0.15, -0.1) is 0 Å². The zero-order chi connectivity index (χ0) is 20.8. The van der Waals surface area contributed by atoms with Crippen LogP contribution < -0.4 is 5.32 Å². The van der Waals surface area contributed by atoms with Gasteiger partial charge in [-0.05, 0) is 64.8 Å². The lowest BCUT2D eigenvalue weighted by Gasteiger charge is -2.33. The average molecular weight is 413 g/mol. The Labute approximate surface area is 168 Å². The molecule has 1 aromatic rings. The predicted molar refractivity (Wildman–Crippen MR) is 109 cm³/mol. The monoisotopic (exact) mass is 412 g/mol. The number of likely N-dealkylation sites (tertiary alicyclic amines) is 1. The van der Waals surface area contributed by atoms with Crippen LogP contribution in [0.15, 0.2) is 29.2 Å². The van der Waals surface area contributed by atoms with Crippen LogP contribution in [-0.2, 0) is 19.3 Å². The molecule has 1 aliphatic heterocycles. The van der Waals surface area contributed by atoms with E-state index in [9.17, 15) is 13.2 Å². The first kappa shape index (κ1) is 22.5. The summed E-state index contributed by atoms with van der Waals surface area (Å²) in [5.41, 5.74) is 0.303. The molecule has 0 aromatic heterocycles. The van der Waals surface area contributed by atoms with Gasteiger partial charge in [0.25, 0.3) is 0 Å². The van der Waals surface area contributed by atoms with Gasteiger partial charge in [0.15, 0.2) is 9.84 Å². The van der Waals surface area contributed by atoms with Gasteiger partial charge >= 0.3 is 6.09 Å². The van der Waals surface area contributed by atoms with E-state index >= 15 is 0 Å². The summed E-state index contributed by atoms with van der Waals surface area (Å²) >= 11 is 0.